The van der Waals surface area contributed by atoms with Crippen molar-refractivity contribution >= 4 is 22.8 Å². The summed E-state index contributed by atoms with van der Waals surface area (Å²) in [5, 5.41) is 10.9. The minimum Gasteiger partial charge on any atom is -0.461 e. The number of oxime groups is 1. The second-order valence-electron chi connectivity index (χ2n) is 1.33. The van der Waals surface area contributed by atoms with Crippen molar-refractivity contribution < 1.29 is 14.7 Å². The summed E-state index contributed by atoms with van der Waals surface area (Å²) in [6, 6.07) is 0. The van der Waals surface area contributed by atoms with Crippen LogP contribution in [0.5, 0.6) is 0 Å². The first-order chi connectivity index (χ1) is 4.76. The number of ether oxygens (including phenoxy) is 1. The third kappa shape index (κ3) is 2.72. The molecule has 0 aromatic rings. The first kappa shape index (κ1) is 9.29. The van der Waals surface area contributed by atoms with Crippen molar-refractivity contribution in [2.45, 2.75) is 6.92 Å². The highest BCUT2D eigenvalue weighted by atomic mass is 32.2. The smallest absolute Gasteiger partial charge is 0.367 e. The van der Waals surface area contributed by atoms with Crippen LogP contribution in [0.15, 0.2) is 5.16 Å². The van der Waals surface area contributed by atoms with Crippen molar-refractivity contribution in [3.63, 3.8) is 0 Å². The van der Waals surface area contributed by atoms with E-state index >= 15 is 0 Å². The molecule has 0 heterocycles. The minimum absolute atomic E-state index is 0.0261. The van der Waals surface area contributed by atoms with E-state index in [-0.39, 0.29) is 5.04 Å². The third-order valence-electron chi connectivity index (χ3n) is 0.734. The molecule has 0 aliphatic carbocycles. The summed E-state index contributed by atoms with van der Waals surface area (Å²) >= 11 is 1.04. The Labute approximate surface area is 63.2 Å². The van der Waals surface area contributed by atoms with Crippen LogP contribution in [0.3, 0.4) is 0 Å². The molecular formula is C5H9NO3S. The van der Waals surface area contributed by atoms with Crippen LogP contribution in [0.4, 0.5) is 0 Å². The van der Waals surface area contributed by atoms with E-state index in [1.54, 1.807) is 13.2 Å². The largest absolute Gasteiger partial charge is 0.461 e. The van der Waals surface area contributed by atoms with Crippen LogP contribution in [-0.4, -0.2) is 29.1 Å². The van der Waals surface area contributed by atoms with E-state index in [1.165, 1.54) is 0 Å². The molecule has 0 aliphatic heterocycles. The molecule has 0 radical (unpaired) electrons. The lowest BCUT2D eigenvalue weighted by Gasteiger charge is -1.98. The highest BCUT2D eigenvalue weighted by Crippen LogP contribution is 1.99. The predicted octanol–water partition coefficient (Wildman–Crippen LogP) is 0.700. The van der Waals surface area contributed by atoms with Crippen LogP contribution in [-0.2, 0) is 9.53 Å². The molecule has 0 aromatic carbocycles. The molecule has 0 saturated carbocycles. The molecule has 10 heavy (non-hydrogen) atoms. The van der Waals surface area contributed by atoms with Crippen molar-refractivity contribution in [1.82, 2.24) is 0 Å². The first-order valence-electron chi connectivity index (χ1n) is 2.69. The summed E-state index contributed by atoms with van der Waals surface area (Å²) in [4.78, 5) is 10.7. The lowest BCUT2D eigenvalue weighted by atomic mass is 10.7. The summed E-state index contributed by atoms with van der Waals surface area (Å²) in [5.74, 6) is -0.586. The maximum Gasteiger partial charge on any atom is 0.367 e. The fourth-order valence-corrected chi connectivity index (χ4v) is 0.665. The van der Waals surface area contributed by atoms with Gasteiger partial charge in [0, 0.05) is 0 Å². The number of hydrogen-bond acceptors (Lipinski definition) is 5. The Morgan fingerprint density at radius 1 is 1.80 bits per heavy atom. The molecule has 0 amide bonds. The average molecular weight is 163 g/mol. The minimum atomic E-state index is -0.586. The monoisotopic (exact) mass is 163 g/mol. The maximum atomic E-state index is 10.7. The van der Waals surface area contributed by atoms with Gasteiger partial charge in [0.1, 0.15) is 0 Å². The Kier molecular flexibility index (Phi) is 4.74. The molecule has 0 fully saturated rings. The standard InChI is InChI=1S/C5H9NO3S/c1-3-9-5(7)4(6-8)10-2/h8H,3H2,1-2H3/b6-4+. The molecule has 5 heteroatoms. The molecule has 0 unspecified atom stereocenters. The molecule has 0 aliphatic rings. The third-order valence-corrected chi connectivity index (χ3v) is 1.37. The van der Waals surface area contributed by atoms with E-state index in [2.05, 4.69) is 9.89 Å². The van der Waals surface area contributed by atoms with E-state index in [4.69, 9.17) is 5.21 Å². The molecule has 0 saturated heterocycles. The normalized spacial score (nSPS) is 11.2. The van der Waals surface area contributed by atoms with Gasteiger partial charge in [-0.1, -0.05) is 16.9 Å². The van der Waals surface area contributed by atoms with Crippen molar-refractivity contribution in [2.24, 2.45) is 5.16 Å². The zero-order valence-corrected chi connectivity index (χ0v) is 6.64. The fraction of sp³-hybridized carbons (Fsp3) is 0.600. The second-order valence-corrected chi connectivity index (χ2v) is 2.12. The van der Waals surface area contributed by atoms with Gasteiger partial charge >= 0.3 is 5.97 Å². The van der Waals surface area contributed by atoms with E-state index < -0.39 is 5.97 Å². The van der Waals surface area contributed by atoms with Crippen molar-refractivity contribution in [1.29, 1.82) is 0 Å². The lowest BCUT2D eigenvalue weighted by molar-refractivity contribution is -0.134. The zero-order valence-electron chi connectivity index (χ0n) is 5.83. The molecule has 4 nitrogen and oxygen atoms in total. The molecule has 0 rings (SSSR count). The van der Waals surface area contributed by atoms with Crippen molar-refractivity contribution in [3.05, 3.63) is 0 Å². The van der Waals surface area contributed by atoms with Gasteiger partial charge in [-0.05, 0) is 13.2 Å². The van der Waals surface area contributed by atoms with Gasteiger partial charge in [0.05, 0.1) is 6.61 Å². The fourth-order valence-electron chi connectivity index (χ4n) is 0.358. The molecule has 1 N–H and O–H groups in total. The second kappa shape index (κ2) is 5.10. The van der Waals surface area contributed by atoms with Gasteiger partial charge in [-0.15, -0.1) is 0 Å². The van der Waals surface area contributed by atoms with Gasteiger partial charge in [-0.2, -0.15) is 0 Å². The highest BCUT2D eigenvalue weighted by molar-refractivity contribution is 8.15. The van der Waals surface area contributed by atoms with Gasteiger partial charge in [0.15, 0.2) is 0 Å². The highest BCUT2D eigenvalue weighted by Gasteiger charge is 2.10. The molecule has 0 aromatic heterocycles. The number of carbonyl (C=O) groups excluding carboxylic acids is 1. The van der Waals surface area contributed by atoms with E-state index in [0.29, 0.717) is 6.61 Å². The van der Waals surface area contributed by atoms with E-state index in [0.717, 1.165) is 11.8 Å². The van der Waals surface area contributed by atoms with Crippen molar-refractivity contribution in [3.8, 4) is 0 Å². The van der Waals surface area contributed by atoms with Crippen LogP contribution in [0.25, 0.3) is 0 Å². The number of rotatable bonds is 1. The van der Waals surface area contributed by atoms with Crippen molar-refractivity contribution in [2.75, 3.05) is 12.9 Å². The van der Waals surface area contributed by atoms with Crippen LogP contribution in [0.2, 0.25) is 0 Å². The predicted molar refractivity (Wildman–Crippen MR) is 39.4 cm³/mol. The Hall–Kier alpha value is -0.710. The maximum absolute atomic E-state index is 10.7. The SMILES string of the molecule is CCOC(=O)/C(=N\O)SC. The summed E-state index contributed by atoms with van der Waals surface area (Å²) in [5.41, 5.74) is 0. The molecule has 0 atom stereocenters. The Morgan fingerprint density at radius 2 is 2.40 bits per heavy atom. The van der Waals surface area contributed by atoms with Crippen LogP contribution in [0, 0.1) is 0 Å². The van der Waals surface area contributed by atoms with Crippen LogP contribution in [0.1, 0.15) is 6.92 Å². The number of esters is 1. The Morgan fingerprint density at radius 3 is 2.70 bits per heavy atom. The quantitative estimate of drug-likeness (QED) is 0.203. The number of thioether (sulfide) groups is 1. The Balaban J connectivity index is 3.91. The number of carbonyl (C=O) groups is 1. The first-order valence-corrected chi connectivity index (χ1v) is 3.91. The summed E-state index contributed by atoms with van der Waals surface area (Å²) in [7, 11) is 0. The van der Waals surface area contributed by atoms with Gasteiger partial charge in [0.2, 0.25) is 5.04 Å². The Bertz CT molecular complexity index is 146. The van der Waals surface area contributed by atoms with E-state index in [9.17, 15) is 4.79 Å². The average Bonchev–Trinajstić information content (AvgIpc) is 1.91. The van der Waals surface area contributed by atoms with E-state index in [1.807, 2.05) is 0 Å². The van der Waals surface area contributed by atoms with Crippen LogP contribution < -0.4 is 0 Å². The number of nitrogens with zero attached hydrogens (tertiary/aromatic N) is 1. The number of hydrogen-bond donors (Lipinski definition) is 1. The summed E-state index contributed by atoms with van der Waals surface area (Å²) in [6.07, 6.45) is 1.63. The molecular weight excluding hydrogens is 154 g/mol. The van der Waals surface area contributed by atoms with Crippen LogP contribution >= 0.6 is 11.8 Å². The van der Waals surface area contributed by atoms with Gasteiger partial charge in [-0.25, -0.2) is 4.79 Å². The van der Waals surface area contributed by atoms with Gasteiger partial charge in [-0.3, -0.25) is 0 Å². The topological polar surface area (TPSA) is 58.9 Å². The summed E-state index contributed by atoms with van der Waals surface area (Å²) in [6.45, 7) is 1.98. The molecule has 0 spiro atoms. The van der Waals surface area contributed by atoms with Gasteiger partial charge < -0.3 is 9.94 Å². The molecule has 58 valence electrons. The van der Waals surface area contributed by atoms with Gasteiger partial charge in [0.25, 0.3) is 0 Å². The lowest BCUT2D eigenvalue weighted by Crippen LogP contribution is -2.13. The zero-order chi connectivity index (χ0) is 7.98. The molecule has 0 bridgehead atoms. The summed E-state index contributed by atoms with van der Waals surface area (Å²) < 4.78 is 4.54.